The van der Waals surface area contributed by atoms with Crippen molar-refractivity contribution < 1.29 is 42.1 Å². The lowest BCUT2D eigenvalue weighted by Crippen LogP contribution is -2.37. The Labute approximate surface area is 549 Å². The van der Waals surface area contributed by atoms with Gasteiger partial charge in [0.1, 0.15) is 19.8 Å². The maximum absolute atomic E-state index is 12.9. The number of quaternary nitrogens is 1. The summed E-state index contributed by atoms with van der Waals surface area (Å²) >= 11 is 0. The first-order valence-corrected chi connectivity index (χ1v) is 40.5. The van der Waals surface area contributed by atoms with Crippen molar-refractivity contribution in [3.05, 3.63) is 24.3 Å². The minimum Gasteiger partial charge on any atom is -0.756 e. The first-order valence-electron chi connectivity index (χ1n) is 39.0. The van der Waals surface area contributed by atoms with Gasteiger partial charge in [0.25, 0.3) is 7.82 Å². The number of carbonyl (C=O) groups excluding carboxylic acids is 2. The molecule has 0 radical (unpaired) electrons. The second kappa shape index (κ2) is 69.8. The van der Waals surface area contributed by atoms with Crippen LogP contribution in [-0.2, 0) is 32.7 Å². The monoisotopic (exact) mass is 1260 g/mol. The van der Waals surface area contributed by atoms with Crippen LogP contribution in [0, 0.1) is 0 Å². The number of allylic oxidation sites excluding steroid dienone is 4. The third-order valence-electron chi connectivity index (χ3n) is 17.9. The van der Waals surface area contributed by atoms with E-state index in [0.717, 1.165) is 32.1 Å². The van der Waals surface area contributed by atoms with Crippen LogP contribution in [0.5, 0.6) is 0 Å². The van der Waals surface area contributed by atoms with Crippen LogP contribution in [0.25, 0.3) is 0 Å². The van der Waals surface area contributed by atoms with Crippen molar-refractivity contribution in [2.24, 2.45) is 0 Å². The molecular weight excluding hydrogens is 1110 g/mol. The van der Waals surface area contributed by atoms with Crippen LogP contribution in [0.4, 0.5) is 0 Å². The normalized spacial score (nSPS) is 13.1. The van der Waals surface area contributed by atoms with Crippen LogP contribution >= 0.6 is 7.82 Å². The van der Waals surface area contributed by atoms with Crippen LogP contribution in [0.15, 0.2) is 24.3 Å². The average molecular weight is 1260 g/mol. The minimum absolute atomic E-state index is 0.0271. The summed E-state index contributed by atoms with van der Waals surface area (Å²) < 4.78 is 34.4. The van der Waals surface area contributed by atoms with Crippen molar-refractivity contribution in [3.63, 3.8) is 0 Å². The fourth-order valence-electron chi connectivity index (χ4n) is 11.9. The van der Waals surface area contributed by atoms with Gasteiger partial charge in [0.2, 0.25) is 0 Å². The Kier molecular flexibility index (Phi) is 68.6. The largest absolute Gasteiger partial charge is 0.756 e. The molecule has 0 aromatic heterocycles. The maximum Gasteiger partial charge on any atom is 0.306 e. The average Bonchev–Trinajstić information content (AvgIpc) is 3.58. The predicted molar refractivity (Wildman–Crippen MR) is 379 cm³/mol. The van der Waals surface area contributed by atoms with Gasteiger partial charge in [0, 0.05) is 12.8 Å². The van der Waals surface area contributed by atoms with E-state index in [0.29, 0.717) is 17.4 Å². The molecule has 522 valence electrons. The van der Waals surface area contributed by atoms with Crippen LogP contribution in [0.3, 0.4) is 0 Å². The van der Waals surface area contributed by atoms with Crippen LogP contribution < -0.4 is 4.89 Å². The standard InChI is InChI=1S/C78H152NO8P/c1-6-8-10-12-14-16-18-20-22-24-26-28-30-31-32-33-34-35-36-37-38-39-40-41-42-43-44-45-46-47-49-51-53-55-57-59-61-63-65-67-69-71-78(81)87-76(75-86-88(82,83)85-73-72-79(3,4)5)74-84-77(80)70-68-66-64-62-60-58-56-54-52-50-48-29-27-25-23-21-19-17-15-13-11-9-7-2/h24-27,76H,6-23,28-75H2,1-5H3/b26-24-,27-25-. The van der Waals surface area contributed by atoms with E-state index in [4.69, 9.17) is 18.5 Å². The summed E-state index contributed by atoms with van der Waals surface area (Å²) in [6.45, 7) is 4.32. The summed E-state index contributed by atoms with van der Waals surface area (Å²) in [5, 5.41) is 0. The highest BCUT2D eigenvalue weighted by molar-refractivity contribution is 7.45. The lowest BCUT2D eigenvalue weighted by molar-refractivity contribution is -0.870. The van der Waals surface area contributed by atoms with Gasteiger partial charge in [-0.1, -0.05) is 359 Å². The number of unbranched alkanes of at least 4 members (excludes halogenated alkanes) is 56. The van der Waals surface area contributed by atoms with Gasteiger partial charge < -0.3 is 27.9 Å². The van der Waals surface area contributed by atoms with Gasteiger partial charge in [0.15, 0.2) is 6.10 Å². The Morgan fingerprint density at radius 2 is 0.580 bits per heavy atom. The molecule has 0 saturated heterocycles. The Balaban J connectivity index is 3.86. The Bertz CT molecular complexity index is 1530. The molecule has 10 heteroatoms. The molecule has 0 aromatic carbocycles. The molecule has 0 aliphatic rings. The molecule has 0 N–H and O–H groups in total. The number of nitrogens with zero attached hydrogens (tertiary/aromatic N) is 1. The zero-order valence-corrected chi connectivity index (χ0v) is 60.6. The van der Waals surface area contributed by atoms with Crippen molar-refractivity contribution in [2.75, 3.05) is 47.5 Å². The molecule has 0 bridgehead atoms. The zero-order chi connectivity index (χ0) is 64.1. The van der Waals surface area contributed by atoms with Crippen molar-refractivity contribution in [3.8, 4) is 0 Å². The highest BCUT2D eigenvalue weighted by atomic mass is 31.2. The van der Waals surface area contributed by atoms with E-state index in [1.165, 1.54) is 347 Å². The number of phosphoric ester groups is 1. The number of ether oxygens (including phenoxy) is 2. The van der Waals surface area contributed by atoms with Crippen molar-refractivity contribution in [1.82, 2.24) is 0 Å². The van der Waals surface area contributed by atoms with Gasteiger partial charge in [-0.25, -0.2) is 0 Å². The number of phosphoric acid groups is 1. The molecule has 0 saturated carbocycles. The van der Waals surface area contributed by atoms with Crippen LogP contribution in [-0.4, -0.2) is 70.0 Å². The molecule has 0 rings (SSSR count). The molecule has 88 heavy (non-hydrogen) atoms. The van der Waals surface area contributed by atoms with Crippen molar-refractivity contribution in [1.29, 1.82) is 0 Å². The van der Waals surface area contributed by atoms with Gasteiger partial charge in [-0.2, -0.15) is 0 Å². The van der Waals surface area contributed by atoms with Crippen molar-refractivity contribution in [2.45, 2.75) is 418 Å². The van der Waals surface area contributed by atoms with Gasteiger partial charge >= 0.3 is 11.9 Å². The number of likely N-dealkylation sites (N-methyl/N-ethyl adjacent to an activating group) is 1. The van der Waals surface area contributed by atoms with Crippen LogP contribution in [0.1, 0.15) is 412 Å². The van der Waals surface area contributed by atoms with E-state index in [9.17, 15) is 19.0 Å². The lowest BCUT2D eigenvalue weighted by atomic mass is 10.0. The van der Waals surface area contributed by atoms with E-state index in [2.05, 4.69) is 38.2 Å². The molecule has 2 atom stereocenters. The van der Waals surface area contributed by atoms with Gasteiger partial charge in [-0.3, -0.25) is 14.2 Å². The van der Waals surface area contributed by atoms with E-state index < -0.39 is 26.5 Å². The van der Waals surface area contributed by atoms with Crippen LogP contribution in [0.2, 0.25) is 0 Å². The molecule has 0 amide bonds. The summed E-state index contributed by atoms with van der Waals surface area (Å²) in [7, 11) is 1.19. The number of hydrogen-bond donors (Lipinski definition) is 0. The molecule has 0 aliphatic carbocycles. The topological polar surface area (TPSA) is 111 Å². The van der Waals surface area contributed by atoms with E-state index in [1.54, 1.807) is 0 Å². The summed E-state index contributed by atoms with van der Waals surface area (Å²) in [5.74, 6) is -0.810. The van der Waals surface area contributed by atoms with Gasteiger partial charge in [-0.05, 0) is 64.2 Å². The number of rotatable bonds is 74. The minimum atomic E-state index is -4.64. The fraction of sp³-hybridized carbons (Fsp3) is 0.923. The molecule has 2 unspecified atom stereocenters. The molecular formula is C78H152NO8P. The molecule has 0 fully saturated rings. The molecule has 0 spiro atoms. The molecule has 0 aromatic rings. The summed E-state index contributed by atoms with van der Waals surface area (Å²) in [5.41, 5.74) is 0. The highest BCUT2D eigenvalue weighted by Crippen LogP contribution is 2.38. The fourth-order valence-corrected chi connectivity index (χ4v) is 12.7. The van der Waals surface area contributed by atoms with Gasteiger partial charge in [0.05, 0.1) is 27.7 Å². The number of esters is 2. The first kappa shape index (κ1) is 86.5. The van der Waals surface area contributed by atoms with E-state index >= 15 is 0 Å². The first-order chi connectivity index (χ1) is 43.0. The maximum atomic E-state index is 12.9. The predicted octanol–water partition coefficient (Wildman–Crippen LogP) is 25.0. The zero-order valence-electron chi connectivity index (χ0n) is 59.7. The molecule has 9 nitrogen and oxygen atoms in total. The summed E-state index contributed by atoms with van der Waals surface area (Å²) in [4.78, 5) is 38.1. The highest BCUT2D eigenvalue weighted by Gasteiger charge is 2.22. The number of carbonyl (C=O) groups is 2. The summed E-state index contributed by atoms with van der Waals surface area (Å²) in [6, 6.07) is 0. The smallest absolute Gasteiger partial charge is 0.306 e. The van der Waals surface area contributed by atoms with Crippen molar-refractivity contribution >= 4 is 19.8 Å². The Hall–Kier alpha value is -1.51. The SMILES string of the molecule is CCCCCCCCCC/C=C\CCCCCCCCCCCCCCCCCCCCCCCCCCCCCCCC(=O)OC(COC(=O)CCCCCCCCCCCCC/C=C\CCCCCCCCCC)COP(=O)([O-])OCC[N+](C)(C)C. The second-order valence-electron chi connectivity index (χ2n) is 28.1. The second-order valence-corrected chi connectivity index (χ2v) is 29.5. The van der Waals surface area contributed by atoms with E-state index in [-0.39, 0.29) is 32.0 Å². The Morgan fingerprint density at radius 3 is 0.841 bits per heavy atom. The molecule has 0 aliphatic heterocycles. The quantitative estimate of drug-likeness (QED) is 0.0195. The van der Waals surface area contributed by atoms with Gasteiger partial charge in [-0.15, -0.1) is 0 Å². The lowest BCUT2D eigenvalue weighted by Gasteiger charge is -2.28. The number of hydrogen-bond acceptors (Lipinski definition) is 8. The molecule has 0 heterocycles. The van der Waals surface area contributed by atoms with E-state index in [1.807, 2.05) is 21.1 Å². The third-order valence-corrected chi connectivity index (χ3v) is 18.9. The third kappa shape index (κ3) is 73.5. The summed E-state index contributed by atoms with van der Waals surface area (Å²) in [6.07, 6.45) is 88.8. The Morgan fingerprint density at radius 1 is 0.341 bits per heavy atom.